The van der Waals surface area contributed by atoms with Gasteiger partial charge in [-0.3, -0.25) is 0 Å². The Morgan fingerprint density at radius 2 is 2.00 bits per heavy atom. The Kier molecular flexibility index (Phi) is 2.71. The molecule has 0 radical (unpaired) electrons. The smallest absolute Gasteiger partial charge is 0.390 e. The van der Waals surface area contributed by atoms with Crippen LogP contribution in [-0.2, 0) is 0 Å². The lowest BCUT2D eigenvalue weighted by Gasteiger charge is -2.03. The quantitative estimate of drug-likeness (QED) is 0.559. The number of nitro groups is 1. The molecule has 0 aliphatic rings. The molecule has 0 saturated carbocycles. The molecule has 20 heavy (non-hydrogen) atoms. The van der Waals surface area contributed by atoms with Gasteiger partial charge in [0.25, 0.3) is 5.65 Å². The maximum Gasteiger partial charge on any atom is 0.473 e. The molecule has 2 aromatic heterocycles. The maximum atomic E-state index is 12.8. The van der Waals surface area contributed by atoms with E-state index in [1.54, 1.807) is 0 Å². The molecule has 0 amide bonds. The standard InChI is InChI=1S/C11H7FN6O2/c12-6-1-3-7(4-2-6)15-10-8-9(14-5-13-8)16-11(17-10)18(19)20/h1-5H,(H2,13,14,15,16,17). The van der Waals surface area contributed by atoms with Gasteiger partial charge < -0.3 is 20.4 Å². The van der Waals surface area contributed by atoms with E-state index in [0.29, 0.717) is 11.2 Å². The van der Waals surface area contributed by atoms with Gasteiger partial charge in [0, 0.05) is 5.69 Å². The topological polar surface area (TPSA) is 110 Å². The summed E-state index contributed by atoms with van der Waals surface area (Å²) in [7, 11) is 0. The second-order valence-corrected chi connectivity index (χ2v) is 3.86. The van der Waals surface area contributed by atoms with E-state index >= 15 is 0 Å². The molecular weight excluding hydrogens is 267 g/mol. The number of hydrogen-bond acceptors (Lipinski definition) is 6. The van der Waals surface area contributed by atoms with Crippen LogP contribution in [0.3, 0.4) is 0 Å². The minimum Gasteiger partial charge on any atom is -0.390 e. The van der Waals surface area contributed by atoms with Gasteiger partial charge in [0.15, 0.2) is 5.52 Å². The number of rotatable bonds is 3. The van der Waals surface area contributed by atoms with Crippen molar-refractivity contribution in [3.05, 3.63) is 46.5 Å². The van der Waals surface area contributed by atoms with E-state index < -0.39 is 10.9 Å². The lowest BCUT2D eigenvalue weighted by atomic mass is 10.3. The number of H-pyrrole nitrogens is 1. The fraction of sp³-hybridized carbons (Fsp3) is 0. The van der Waals surface area contributed by atoms with E-state index in [1.807, 2.05) is 0 Å². The van der Waals surface area contributed by atoms with Crippen LogP contribution in [0.25, 0.3) is 11.2 Å². The summed E-state index contributed by atoms with van der Waals surface area (Å²) in [6.07, 6.45) is 1.36. The highest BCUT2D eigenvalue weighted by Crippen LogP contribution is 2.23. The van der Waals surface area contributed by atoms with Gasteiger partial charge in [0.2, 0.25) is 5.82 Å². The average molecular weight is 274 g/mol. The minimum absolute atomic E-state index is 0.177. The number of halogens is 1. The predicted octanol–water partition coefficient (Wildman–Crippen LogP) is 2.14. The van der Waals surface area contributed by atoms with E-state index in [1.165, 1.54) is 30.6 Å². The molecule has 1 aromatic carbocycles. The second-order valence-electron chi connectivity index (χ2n) is 3.86. The number of nitrogens with one attached hydrogen (secondary N) is 2. The largest absolute Gasteiger partial charge is 0.473 e. The van der Waals surface area contributed by atoms with E-state index in [2.05, 4.69) is 25.3 Å². The van der Waals surface area contributed by atoms with Crippen LogP contribution >= 0.6 is 0 Å². The molecule has 2 heterocycles. The van der Waals surface area contributed by atoms with E-state index in [-0.39, 0.29) is 17.3 Å². The zero-order chi connectivity index (χ0) is 14.1. The fourth-order valence-electron chi connectivity index (χ4n) is 1.66. The number of fused-ring (bicyclic) bond motifs is 1. The Labute approximate surface area is 110 Å². The Bertz CT molecular complexity index is 785. The van der Waals surface area contributed by atoms with Gasteiger partial charge in [-0.2, -0.15) is 0 Å². The van der Waals surface area contributed by atoms with Crippen molar-refractivity contribution in [2.24, 2.45) is 0 Å². The van der Waals surface area contributed by atoms with Crippen LogP contribution in [0, 0.1) is 15.9 Å². The third kappa shape index (κ3) is 2.11. The van der Waals surface area contributed by atoms with Crippen LogP contribution in [0.5, 0.6) is 0 Å². The van der Waals surface area contributed by atoms with E-state index in [9.17, 15) is 14.5 Å². The highest BCUT2D eigenvalue weighted by molar-refractivity contribution is 5.85. The zero-order valence-electron chi connectivity index (χ0n) is 9.87. The first-order valence-corrected chi connectivity index (χ1v) is 5.51. The van der Waals surface area contributed by atoms with Gasteiger partial charge in [-0.1, -0.05) is 0 Å². The third-order valence-electron chi connectivity index (χ3n) is 2.54. The van der Waals surface area contributed by atoms with Crippen LogP contribution in [0.15, 0.2) is 30.6 Å². The maximum absolute atomic E-state index is 12.8. The molecule has 0 aliphatic carbocycles. The molecule has 100 valence electrons. The van der Waals surface area contributed by atoms with Crippen LogP contribution in [-0.4, -0.2) is 24.9 Å². The van der Waals surface area contributed by atoms with E-state index in [4.69, 9.17) is 0 Å². The Balaban J connectivity index is 2.07. The molecule has 0 unspecified atom stereocenters. The van der Waals surface area contributed by atoms with Crippen LogP contribution < -0.4 is 5.32 Å². The number of anilines is 2. The Morgan fingerprint density at radius 1 is 1.25 bits per heavy atom. The molecule has 0 saturated heterocycles. The Morgan fingerprint density at radius 3 is 2.70 bits per heavy atom. The molecule has 3 rings (SSSR count). The summed E-state index contributed by atoms with van der Waals surface area (Å²) >= 11 is 0. The number of imidazole rings is 1. The van der Waals surface area contributed by atoms with Gasteiger partial charge in [-0.15, -0.1) is 0 Å². The summed E-state index contributed by atoms with van der Waals surface area (Å²) < 4.78 is 12.8. The highest BCUT2D eigenvalue weighted by Gasteiger charge is 2.19. The van der Waals surface area contributed by atoms with Crippen LogP contribution in [0.4, 0.5) is 21.8 Å². The fourth-order valence-corrected chi connectivity index (χ4v) is 1.66. The summed E-state index contributed by atoms with van der Waals surface area (Å²) in [6.45, 7) is 0. The number of aromatic amines is 1. The van der Waals surface area contributed by atoms with Crippen molar-refractivity contribution in [1.29, 1.82) is 0 Å². The summed E-state index contributed by atoms with van der Waals surface area (Å²) in [5, 5.41) is 13.6. The summed E-state index contributed by atoms with van der Waals surface area (Å²) in [5.41, 5.74) is 1.14. The van der Waals surface area contributed by atoms with Gasteiger partial charge >= 0.3 is 5.95 Å². The van der Waals surface area contributed by atoms with Crippen molar-refractivity contribution >= 4 is 28.6 Å². The summed E-state index contributed by atoms with van der Waals surface area (Å²) in [5.74, 6) is -0.740. The first kappa shape index (κ1) is 12.0. The third-order valence-corrected chi connectivity index (χ3v) is 2.54. The monoisotopic (exact) mass is 274 g/mol. The zero-order valence-corrected chi connectivity index (χ0v) is 9.87. The number of benzene rings is 1. The van der Waals surface area contributed by atoms with Crippen molar-refractivity contribution < 1.29 is 9.31 Å². The lowest BCUT2D eigenvalue weighted by molar-refractivity contribution is -0.394. The Hall–Kier alpha value is -3.10. The van der Waals surface area contributed by atoms with Gasteiger partial charge in [0.05, 0.1) is 6.33 Å². The molecule has 0 aliphatic heterocycles. The number of aromatic nitrogens is 4. The summed E-state index contributed by atoms with van der Waals surface area (Å²) in [4.78, 5) is 24.2. The van der Waals surface area contributed by atoms with Gasteiger partial charge in [-0.25, -0.2) is 9.37 Å². The molecule has 3 aromatic rings. The predicted molar refractivity (Wildman–Crippen MR) is 68.0 cm³/mol. The average Bonchev–Trinajstić information content (AvgIpc) is 2.89. The normalized spacial score (nSPS) is 10.7. The van der Waals surface area contributed by atoms with Gasteiger partial charge in [0.1, 0.15) is 5.82 Å². The van der Waals surface area contributed by atoms with Crippen molar-refractivity contribution in [2.75, 3.05) is 5.32 Å². The molecule has 8 nitrogen and oxygen atoms in total. The van der Waals surface area contributed by atoms with Crippen molar-refractivity contribution in [2.45, 2.75) is 0 Å². The highest BCUT2D eigenvalue weighted by atomic mass is 19.1. The minimum atomic E-state index is -0.704. The molecule has 9 heteroatoms. The molecule has 0 spiro atoms. The van der Waals surface area contributed by atoms with Crippen molar-refractivity contribution in [3.63, 3.8) is 0 Å². The molecule has 0 atom stereocenters. The molecule has 0 bridgehead atoms. The van der Waals surface area contributed by atoms with Crippen LogP contribution in [0.2, 0.25) is 0 Å². The summed E-state index contributed by atoms with van der Waals surface area (Å²) in [6, 6.07) is 5.52. The molecule has 2 N–H and O–H groups in total. The number of hydrogen-bond donors (Lipinski definition) is 2. The number of nitrogens with zero attached hydrogens (tertiary/aromatic N) is 4. The molecule has 0 fully saturated rings. The van der Waals surface area contributed by atoms with E-state index in [0.717, 1.165) is 0 Å². The van der Waals surface area contributed by atoms with Crippen LogP contribution in [0.1, 0.15) is 0 Å². The first-order valence-electron chi connectivity index (χ1n) is 5.51. The SMILES string of the molecule is O=[N+]([O-])c1nc(Nc2ccc(F)cc2)c2[nH]cnc2n1. The first-order chi connectivity index (χ1) is 9.63. The van der Waals surface area contributed by atoms with Crippen molar-refractivity contribution in [3.8, 4) is 0 Å². The van der Waals surface area contributed by atoms with Crippen molar-refractivity contribution in [1.82, 2.24) is 19.9 Å². The van der Waals surface area contributed by atoms with Gasteiger partial charge in [-0.05, 0) is 39.2 Å². The second kappa shape index (κ2) is 4.53. The molecular formula is C11H7FN6O2. The lowest BCUT2D eigenvalue weighted by Crippen LogP contribution is -2.01.